The zero-order valence-corrected chi connectivity index (χ0v) is 13.8. The van der Waals surface area contributed by atoms with Crippen molar-refractivity contribution >= 4 is 5.91 Å². The highest BCUT2D eigenvalue weighted by Gasteiger charge is 2.06. The molecule has 5 nitrogen and oxygen atoms in total. The number of alkyl halides is 2. The van der Waals surface area contributed by atoms with Gasteiger partial charge in [-0.15, -0.1) is 0 Å². The molecule has 0 radical (unpaired) electrons. The van der Waals surface area contributed by atoms with Crippen LogP contribution in [0.4, 0.5) is 8.78 Å². The van der Waals surface area contributed by atoms with E-state index in [4.69, 9.17) is 0 Å². The Bertz CT molecular complexity index is 832. The molecular formula is C19H17F2N3O2. The molecule has 0 aliphatic rings. The smallest absolute Gasteiger partial charge is 0.387 e. The van der Waals surface area contributed by atoms with Crippen molar-refractivity contribution in [3.63, 3.8) is 0 Å². The number of nitrogens with zero attached hydrogens (tertiary/aromatic N) is 2. The van der Waals surface area contributed by atoms with Crippen molar-refractivity contribution in [2.24, 2.45) is 0 Å². The average molecular weight is 357 g/mol. The first-order valence-electron chi connectivity index (χ1n) is 8.02. The normalized spacial score (nSPS) is 10.7. The second-order valence-corrected chi connectivity index (χ2v) is 5.55. The lowest BCUT2D eigenvalue weighted by Gasteiger charge is -2.08. The maximum Gasteiger partial charge on any atom is 0.387 e. The van der Waals surface area contributed by atoms with Crippen LogP contribution in [0.25, 0.3) is 5.69 Å². The minimum Gasteiger partial charge on any atom is -0.435 e. The van der Waals surface area contributed by atoms with Gasteiger partial charge in [-0.05, 0) is 48.4 Å². The SMILES string of the molecule is O=C(NCCc1ccc(OC(F)F)cc1)c1ccc(-n2ccnc2)cc1. The van der Waals surface area contributed by atoms with Gasteiger partial charge in [-0.3, -0.25) is 4.79 Å². The molecule has 7 heteroatoms. The number of aromatic nitrogens is 2. The molecule has 3 aromatic rings. The predicted octanol–water partition coefficient (Wildman–Crippen LogP) is 3.45. The number of amides is 1. The molecule has 2 aromatic carbocycles. The summed E-state index contributed by atoms with van der Waals surface area (Å²) in [6.07, 6.45) is 5.79. The van der Waals surface area contributed by atoms with E-state index in [0.29, 0.717) is 18.5 Å². The Balaban J connectivity index is 1.49. The van der Waals surface area contributed by atoms with E-state index in [1.807, 2.05) is 22.9 Å². The van der Waals surface area contributed by atoms with E-state index in [1.54, 1.807) is 36.8 Å². The van der Waals surface area contributed by atoms with Gasteiger partial charge in [0.15, 0.2) is 0 Å². The van der Waals surface area contributed by atoms with Gasteiger partial charge in [-0.25, -0.2) is 4.98 Å². The molecule has 1 amide bonds. The molecule has 3 rings (SSSR count). The molecule has 0 spiro atoms. The number of halogens is 2. The van der Waals surface area contributed by atoms with Gasteiger partial charge in [0.25, 0.3) is 5.91 Å². The van der Waals surface area contributed by atoms with Gasteiger partial charge in [0.2, 0.25) is 0 Å². The maximum atomic E-state index is 12.2. The molecule has 0 saturated heterocycles. The minimum absolute atomic E-state index is 0.116. The van der Waals surface area contributed by atoms with Gasteiger partial charge in [0.05, 0.1) is 6.33 Å². The third-order valence-corrected chi connectivity index (χ3v) is 3.78. The van der Waals surface area contributed by atoms with Crippen LogP contribution in [0.5, 0.6) is 5.75 Å². The highest BCUT2D eigenvalue weighted by Crippen LogP contribution is 2.15. The average Bonchev–Trinajstić information content (AvgIpc) is 3.17. The minimum atomic E-state index is -2.83. The van der Waals surface area contributed by atoms with Crippen LogP contribution in [0.1, 0.15) is 15.9 Å². The Labute approximate surface area is 149 Å². The number of carbonyl (C=O) groups excluding carboxylic acids is 1. The van der Waals surface area contributed by atoms with Crippen LogP contribution in [-0.4, -0.2) is 28.6 Å². The fraction of sp³-hybridized carbons (Fsp3) is 0.158. The van der Waals surface area contributed by atoms with Crippen molar-refractivity contribution in [2.75, 3.05) is 6.54 Å². The summed E-state index contributed by atoms with van der Waals surface area (Å²) in [5.41, 5.74) is 2.40. The van der Waals surface area contributed by atoms with Gasteiger partial charge in [-0.1, -0.05) is 12.1 Å². The van der Waals surface area contributed by atoms with Crippen LogP contribution >= 0.6 is 0 Å². The van der Waals surface area contributed by atoms with Crippen molar-refractivity contribution in [1.82, 2.24) is 14.9 Å². The van der Waals surface area contributed by atoms with Crippen molar-refractivity contribution in [2.45, 2.75) is 13.0 Å². The number of hydrogen-bond acceptors (Lipinski definition) is 3. The van der Waals surface area contributed by atoms with Crippen molar-refractivity contribution in [3.8, 4) is 11.4 Å². The fourth-order valence-corrected chi connectivity index (χ4v) is 2.46. The number of benzene rings is 2. The van der Waals surface area contributed by atoms with Crippen LogP contribution in [-0.2, 0) is 6.42 Å². The van der Waals surface area contributed by atoms with Gasteiger partial charge < -0.3 is 14.6 Å². The molecule has 134 valence electrons. The third-order valence-electron chi connectivity index (χ3n) is 3.78. The summed E-state index contributed by atoms with van der Waals surface area (Å²) in [6, 6.07) is 13.6. The first-order valence-corrected chi connectivity index (χ1v) is 8.02. The molecule has 0 bridgehead atoms. The van der Waals surface area contributed by atoms with E-state index in [0.717, 1.165) is 11.3 Å². The summed E-state index contributed by atoms with van der Waals surface area (Å²) < 4.78 is 30.4. The van der Waals surface area contributed by atoms with Crippen LogP contribution in [0.2, 0.25) is 0 Å². The van der Waals surface area contributed by atoms with E-state index in [1.165, 1.54) is 12.1 Å². The van der Waals surface area contributed by atoms with Crippen molar-refractivity contribution in [1.29, 1.82) is 0 Å². The number of carbonyl (C=O) groups is 1. The summed E-state index contributed by atoms with van der Waals surface area (Å²) in [5.74, 6) is -0.0504. The summed E-state index contributed by atoms with van der Waals surface area (Å²) in [4.78, 5) is 16.2. The predicted molar refractivity (Wildman–Crippen MR) is 92.7 cm³/mol. The largest absolute Gasteiger partial charge is 0.435 e. The number of hydrogen-bond donors (Lipinski definition) is 1. The molecule has 1 heterocycles. The summed E-state index contributed by atoms with van der Waals surface area (Å²) >= 11 is 0. The Kier molecular flexibility index (Phi) is 5.58. The van der Waals surface area contributed by atoms with E-state index in [2.05, 4.69) is 15.0 Å². The molecule has 26 heavy (non-hydrogen) atoms. The van der Waals surface area contributed by atoms with Crippen molar-refractivity contribution < 1.29 is 18.3 Å². The highest BCUT2D eigenvalue weighted by molar-refractivity contribution is 5.94. The fourth-order valence-electron chi connectivity index (χ4n) is 2.46. The first-order chi connectivity index (χ1) is 12.6. The highest BCUT2D eigenvalue weighted by atomic mass is 19.3. The zero-order valence-electron chi connectivity index (χ0n) is 13.8. The molecule has 0 aliphatic carbocycles. The molecule has 1 N–H and O–H groups in total. The first kappa shape index (κ1) is 17.6. The van der Waals surface area contributed by atoms with Crippen LogP contribution in [0.15, 0.2) is 67.3 Å². The van der Waals surface area contributed by atoms with Crippen LogP contribution < -0.4 is 10.1 Å². The summed E-state index contributed by atoms with van der Waals surface area (Å²) in [6.45, 7) is -2.39. The van der Waals surface area contributed by atoms with Gasteiger partial charge in [0, 0.05) is 30.2 Å². The van der Waals surface area contributed by atoms with E-state index in [-0.39, 0.29) is 11.7 Å². The van der Waals surface area contributed by atoms with Gasteiger partial charge in [-0.2, -0.15) is 8.78 Å². The lowest BCUT2D eigenvalue weighted by Crippen LogP contribution is -2.25. The van der Waals surface area contributed by atoms with Gasteiger partial charge in [0.1, 0.15) is 5.75 Å². The van der Waals surface area contributed by atoms with E-state index >= 15 is 0 Å². The number of nitrogens with one attached hydrogen (secondary N) is 1. The molecule has 0 unspecified atom stereocenters. The van der Waals surface area contributed by atoms with E-state index < -0.39 is 6.61 Å². The van der Waals surface area contributed by atoms with Crippen LogP contribution in [0, 0.1) is 0 Å². The molecule has 0 saturated carbocycles. The van der Waals surface area contributed by atoms with Crippen LogP contribution in [0.3, 0.4) is 0 Å². The second-order valence-electron chi connectivity index (χ2n) is 5.55. The molecule has 1 aromatic heterocycles. The second kappa shape index (κ2) is 8.24. The van der Waals surface area contributed by atoms with Crippen molar-refractivity contribution in [3.05, 3.63) is 78.4 Å². The quantitative estimate of drug-likeness (QED) is 0.705. The maximum absolute atomic E-state index is 12.2. The molecule has 0 aliphatic heterocycles. The van der Waals surface area contributed by atoms with E-state index in [9.17, 15) is 13.6 Å². The Morgan fingerprint density at radius 1 is 1.12 bits per heavy atom. The molecule has 0 fully saturated rings. The lowest BCUT2D eigenvalue weighted by atomic mass is 10.1. The Hall–Kier alpha value is -3.22. The Morgan fingerprint density at radius 3 is 2.46 bits per heavy atom. The van der Waals surface area contributed by atoms with Gasteiger partial charge >= 0.3 is 6.61 Å². The number of imidazole rings is 1. The standard InChI is InChI=1S/C19H17F2N3O2/c20-19(21)26-17-7-1-14(2-8-17)9-10-23-18(25)15-3-5-16(6-4-15)24-12-11-22-13-24/h1-8,11-13,19H,9-10H2,(H,23,25). The monoisotopic (exact) mass is 357 g/mol. The lowest BCUT2D eigenvalue weighted by molar-refractivity contribution is -0.0498. The molecule has 0 atom stereocenters. The summed E-state index contributed by atoms with van der Waals surface area (Å²) in [7, 11) is 0. The topological polar surface area (TPSA) is 56.1 Å². The zero-order chi connectivity index (χ0) is 18.4. The summed E-state index contributed by atoms with van der Waals surface area (Å²) in [5, 5.41) is 2.84. The Morgan fingerprint density at radius 2 is 1.85 bits per heavy atom. The molecular weight excluding hydrogens is 340 g/mol. The number of rotatable bonds is 7. The number of ether oxygens (including phenoxy) is 1. The third kappa shape index (κ3) is 4.66.